The highest BCUT2D eigenvalue weighted by molar-refractivity contribution is 7.71. The SMILES string of the molecule is COc1ccc(-c2n[nH]c(=S)n2N=CC=Cc2ccccc2)cc1. The standard InChI is InChI=1S/C18H16N4OS/c1-23-16-11-9-15(10-12-16)17-20-21-18(24)22(17)19-13-5-8-14-6-3-2-4-7-14/h2-13H,1H3,(H,21,24). The quantitative estimate of drug-likeness (QED) is 0.562. The van der Waals surface area contributed by atoms with Gasteiger partial charge in [0.1, 0.15) is 5.75 Å². The number of hydrogen-bond acceptors (Lipinski definition) is 4. The van der Waals surface area contributed by atoms with Gasteiger partial charge in [-0.05, 0) is 48.1 Å². The number of ether oxygens (including phenoxy) is 1. The normalized spacial score (nSPS) is 11.4. The van der Waals surface area contributed by atoms with Gasteiger partial charge < -0.3 is 4.74 Å². The predicted molar refractivity (Wildman–Crippen MR) is 98.8 cm³/mol. The van der Waals surface area contributed by atoms with Crippen LogP contribution in [0.3, 0.4) is 0 Å². The summed E-state index contributed by atoms with van der Waals surface area (Å²) in [5, 5.41) is 11.4. The zero-order valence-electron chi connectivity index (χ0n) is 13.1. The van der Waals surface area contributed by atoms with Crippen LogP contribution >= 0.6 is 12.2 Å². The molecule has 0 saturated heterocycles. The van der Waals surface area contributed by atoms with Gasteiger partial charge in [0, 0.05) is 11.8 Å². The molecule has 0 saturated carbocycles. The molecule has 3 aromatic rings. The van der Waals surface area contributed by atoms with Crippen LogP contribution in [0.25, 0.3) is 17.5 Å². The van der Waals surface area contributed by atoms with Gasteiger partial charge >= 0.3 is 0 Å². The van der Waals surface area contributed by atoms with Crippen molar-refractivity contribution in [2.75, 3.05) is 7.11 Å². The second-order valence-electron chi connectivity index (χ2n) is 4.93. The molecule has 0 fully saturated rings. The zero-order valence-corrected chi connectivity index (χ0v) is 13.9. The summed E-state index contributed by atoms with van der Waals surface area (Å²) in [5.41, 5.74) is 2.00. The summed E-state index contributed by atoms with van der Waals surface area (Å²) in [6, 6.07) is 17.6. The summed E-state index contributed by atoms with van der Waals surface area (Å²) in [7, 11) is 1.63. The van der Waals surface area contributed by atoms with Gasteiger partial charge in [-0.25, -0.2) is 5.10 Å². The lowest BCUT2D eigenvalue weighted by Crippen LogP contribution is -1.93. The van der Waals surface area contributed by atoms with Gasteiger partial charge in [0.25, 0.3) is 0 Å². The van der Waals surface area contributed by atoms with Crippen molar-refractivity contribution in [3.05, 3.63) is 71.0 Å². The maximum atomic E-state index is 5.25. The van der Waals surface area contributed by atoms with E-state index < -0.39 is 0 Å². The van der Waals surface area contributed by atoms with E-state index in [1.807, 2.05) is 66.7 Å². The maximum Gasteiger partial charge on any atom is 0.216 e. The van der Waals surface area contributed by atoms with Crippen molar-refractivity contribution in [2.24, 2.45) is 5.10 Å². The molecular formula is C18H16N4OS. The minimum atomic E-state index is 0.435. The molecule has 0 amide bonds. The summed E-state index contributed by atoms with van der Waals surface area (Å²) in [6.07, 6.45) is 5.52. The van der Waals surface area contributed by atoms with Crippen molar-refractivity contribution in [1.29, 1.82) is 0 Å². The van der Waals surface area contributed by atoms with Gasteiger partial charge in [0.2, 0.25) is 4.77 Å². The Kier molecular flexibility index (Phi) is 4.98. The molecule has 5 nitrogen and oxygen atoms in total. The van der Waals surface area contributed by atoms with E-state index in [1.54, 1.807) is 18.0 Å². The molecule has 0 unspecified atom stereocenters. The highest BCUT2D eigenvalue weighted by Gasteiger charge is 2.07. The number of nitrogens with one attached hydrogen (secondary N) is 1. The van der Waals surface area contributed by atoms with Crippen molar-refractivity contribution in [2.45, 2.75) is 0 Å². The molecule has 0 aliphatic heterocycles. The molecule has 120 valence electrons. The maximum absolute atomic E-state index is 5.25. The van der Waals surface area contributed by atoms with Gasteiger partial charge in [-0.1, -0.05) is 36.4 Å². The van der Waals surface area contributed by atoms with Crippen LogP contribution in [0.4, 0.5) is 0 Å². The summed E-state index contributed by atoms with van der Waals surface area (Å²) < 4.78 is 7.19. The van der Waals surface area contributed by atoms with Gasteiger partial charge in [-0.3, -0.25) is 0 Å². The second-order valence-corrected chi connectivity index (χ2v) is 5.31. The van der Waals surface area contributed by atoms with Crippen molar-refractivity contribution in [3.8, 4) is 17.1 Å². The van der Waals surface area contributed by atoms with E-state index in [0.29, 0.717) is 10.6 Å². The Labute approximate surface area is 144 Å². The van der Waals surface area contributed by atoms with Crippen molar-refractivity contribution in [1.82, 2.24) is 14.9 Å². The summed E-state index contributed by atoms with van der Waals surface area (Å²) in [6.45, 7) is 0. The van der Waals surface area contributed by atoms with Crippen LogP contribution in [-0.2, 0) is 0 Å². The molecule has 0 aliphatic rings. The second kappa shape index (κ2) is 7.52. The molecule has 3 rings (SSSR count). The number of allylic oxidation sites excluding steroid dienone is 1. The lowest BCUT2D eigenvalue weighted by Gasteiger charge is -2.02. The van der Waals surface area contributed by atoms with E-state index in [2.05, 4.69) is 15.3 Å². The Morgan fingerprint density at radius 3 is 2.58 bits per heavy atom. The fraction of sp³-hybridized carbons (Fsp3) is 0.0556. The van der Waals surface area contributed by atoms with Gasteiger partial charge in [0.15, 0.2) is 5.82 Å². The molecular weight excluding hydrogens is 320 g/mol. The molecule has 2 aromatic carbocycles. The zero-order chi connectivity index (χ0) is 16.8. The number of hydrogen-bond donors (Lipinski definition) is 1. The fourth-order valence-electron chi connectivity index (χ4n) is 2.15. The first-order chi connectivity index (χ1) is 11.8. The first kappa shape index (κ1) is 15.9. The van der Waals surface area contributed by atoms with Crippen LogP contribution in [0.1, 0.15) is 5.56 Å². The van der Waals surface area contributed by atoms with Crippen LogP contribution in [0.2, 0.25) is 0 Å². The van der Waals surface area contributed by atoms with Crippen molar-refractivity contribution >= 4 is 24.5 Å². The summed E-state index contributed by atoms with van der Waals surface area (Å²) in [4.78, 5) is 0. The predicted octanol–water partition coefficient (Wildman–Crippen LogP) is 4.16. The first-order valence-electron chi connectivity index (χ1n) is 7.36. The Bertz CT molecular complexity index is 908. The Hall–Kier alpha value is -2.99. The number of aromatic nitrogens is 3. The number of methoxy groups -OCH3 is 1. The smallest absolute Gasteiger partial charge is 0.216 e. The van der Waals surface area contributed by atoms with Crippen LogP contribution in [-0.4, -0.2) is 28.2 Å². The average Bonchev–Trinajstić information content (AvgIpc) is 3.00. The van der Waals surface area contributed by atoms with Crippen molar-refractivity contribution < 1.29 is 4.74 Å². The molecule has 0 aliphatic carbocycles. The number of H-pyrrole nitrogens is 1. The highest BCUT2D eigenvalue weighted by atomic mass is 32.1. The van der Waals surface area contributed by atoms with Crippen LogP contribution < -0.4 is 4.74 Å². The third-order valence-corrected chi connectivity index (χ3v) is 3.62. The molecule has 1 N–H and O–H groups in total. The Morgan fingerprint density at radius 1 is 1.12 bits per heavy atom. The van der Waals surface area contributed by atoms with E-state index in [4.69, 9.17) is 17.0 Å². The lowest BCUT2D eigenvalue weighted by atomic mass is 10.2. The molecule has 0 atom stereocenters. The number of nitrogens with zero attached hydrogens (tertiary/aromatic N) is 3. The third kappa shape index (κ3) is 3.67. The molecule has 24 heavy (non-hydrogen) atoms. The van der Waals surface area contributed by atoms with Gasteiger partial charge in [-0.15, -0.1) is 0 Å². The molecule has 0 radical (unpaired) electrons. The average molecular weight is 336 g/mol. The third-order valence-electron chi connectivity index (χ3n) is 3.36. The lowest BCUT2D eigenvalue weighted by molar-refractivity contribution is 0.415. The van der Waals surface area contributed by atoms with E-state index in [-0.39, 0.29) is 0 Å². The topological polar surface area (TPSA) is 55.2 Å². The van der Waals surface area contributed by atoms with Gasteiger partial charge in [-0.2, -0.15) is 14.9 Å². The number of rotatable bonds is 5. The van der Waals surface area contributed by atoms with Crippen LogP contribution in [0.15, 0.2) is 65.8 Å². The van der Waals surface area contributed by atoms with E-state index >= 15 is 0 Å². The Balaban J connectivity index is 1.83. The molecule has 6 heteroatoms. The van der Waals surface area contributed by atoms with Gasteiger partial charge in [0.05, 0.1) is 7.11 Å². The van der Waals surface area contributed by atoms with E-state index in [9.17, 15) is 0 Å². The Morgan fingerprint density at radius 2 is 1.88 bits per heavy atom. The monoisotopic (exact) mass is 336 g/mol. The fourth-order valence-corrected chi connectivity index (χ4v) is 2.33. The van der Waals surface area contributed by atoms with E-state index in [0.717, 1.165) is 16.9 Å². The summed E-state index contributed by atoms with van der Waals surface area (Å²) >= 11 is 5.25. The van der Waals surface area contributed by atoms with Crippen LogP contribution in [0.5, 0.6) is 5.75 Å². The molecule has 0 spiro atoms. The molecule has 1 heterocycles. The van der Waals surface area contributed by atoms with E-state index in [1.165, 1.54) is 0 Å². The number of benzene rings is 2. The number of aromatic amines is 1. The summed E-state index contributed by atoms with van der Waals surface area (Å²) in [5.74, 6) is 1.43. The molecule has 0 bridgehead atoms. The highest BCUT2D eigenvalue weighted by Crippen LogP contribution is 2.20. The van der Waals surface area contributed by atoms with Crippen LogP contribution in [0, 0.1) is 4.77 Å². The first-order valence-corrected chi connectivity index (χ1v) is 7.76. The minimum Gasteiger partial charge on any atom is -0.497 e. The van der Waals surface area contributed by atoms with Crippen molar-refractivity contribution in [3.63, 3.8) is 0 Å². The molecule has 1 aromatic heterocycles. The minimum absolute atomic E-state index is 0.435. The largest absolute Gasteiger partial charge is 0.497 e.